The van der Waals surface area contributed by atoms with Gasteiger partial charge in [-0.05, 0) is 18.6 Å². The molecule has 1 aliphatic heterocycles. The Morgan fingerprint density at radius 2 is 2.08 bits per heavy atom. The third-order valence-electron chi connectivity index (χ3n) is 1.86. The van der Waals surface area contributed by atoms with Gasteiger partial charge in [-0.25, -0.2) is 4.79 Å². The van der Waals surface area contributed by atoms with E-state index in [1.165, 1.54) is 11.2 Å². The number of urea groups is 1. The molecule has 1 aromatic rings. The number of para-hydroxylation sites is 1. The van der Waals surface area contributed by atoms with Gasteiger partial charge in [-0.2, -0.15) is 4.99 Å². The molecule has 2 amide bonds. The molecule has 0 bridgehead atoms. The second-order valence-electron chi connectivity index (χ2n) is 2.68. The molecule has 0 radical (unpaired) electrons. The lowest BCUT2D eigenvalue weighted by Crippen LogP contribution is -2.35. The molecular weight excluding hydrogens is 152 g/mol. The first-order valence-electron chi connectivity index (χ1n) is 3.72. The van der Waals surface area contributed by atoms with Gasteiger partial charge in [-0.3, -0.25) is 4.90 Å². The van der Waals surface area contributed by atoms with E-state index >= 15 is 0 Å². The SMILES string of the molecule is Cc1ccccc1N1C=NC1=O. The predicted octanol–water partition coefficient (Wildman–Crippen LogP) is 1.96. The Kier molecular flexibility index (Phi) is 1.43. The maximum atomic E-state index is 10.9. The highest BCUT2D eigenvalue weighted by atomic mass is 16.2. The summed E-state index contributed by atoms with van der Waals surface area (Å²) in [6.45, 7) is 1.97. The maximum absolute atomic E-state index is 10.9. The summed E-state index contributed by atoms with van der Waals surface area (Å²) in [5.74, 6) is 0. The lowest BCUT2D eigenvalue weighted by atomic mass is 10.2. The Balaban J connectivity index is 2.41. The van der Waals surface area contributed by atoms with Crippen molar-refractivity contribution in [1.29, 1.82) is 0 Å². The van der Waals surface area contributed by atoms with Gasteiger partial charge in [0.25, 0.3) is 0 Å². The summed E-state index contributed by atoms with van der Waals surface area (Å²) < 4.78 is 0. The fraction of sp³-hybridized carbons (Fsp3) is 0.111. The van der Waals surface area contributed by atoms with Gasteiger partial charge < -0.3 is 0 Å². The van der Waals surface area contributed by atoms with Crippen LogP contribution in [0.5, 0.6) is 0 Å². The Morgan fingerprint density at radius 3 is 2.58 bits per heavy atom. The number of aliphatic imine (C=N–C) groups is 1. The van der Waals surface area contributed by atoms with E-state index in [2.05, 4.69) is 4.99 Å². The maximum Gasteiger partial charge on any atom is 0.354 e. The molecule has 1 aliphatic rings. The van der Waals surface area contributed by atoms with Gasteiger partial charge in [-0.1, -0.05) is 18.2 Å². The van der Waals surface area contributed by atoms with Crippen LogP contribution in [0.2, 0.25) is 0 Å². The quantitative estimate of drug-likeness (QED) is 0.618. The van der Waals surface area contributed by atoms with Gasteiger partial charge >= 0.3 is 6.03 Å². The first-order chi connectivity index (χ1) is 5.79. The second kappa shape index (κ2) is 2.44. The fourth-order valence-electron chi connectivity index (χ4n) is 1.16. The zero-order valence-electron chi connectivity index (χ0n) is 6.69. The van der Waals surface area contributed by atoms with Gasteiger partial charge in [0.2, 0.25) is 0 Å². The minimum absolute atomic E-state index is 0.190. The number of carbonyl (C=O) groups is 1. The van der Waals surface area contributed by atoms with Gasteiger partial charge in [-0.15, -0.1) is 0 Å². The van der Waals surface area contributed by atoms with Crippen LogP contribution in [0.4, 0.5) is 10.5 Å². The number of hydrogen-bond donors (Lipinski definition) is 0. The van der Waals surface area contributed by atoms with Crippen LogP contribution in [0.15, 0.2) is 29.3 Å². The molecule has 0 atom stereocenters. The highest BCUT2D eigenvalue weighted by molar-refractivity contribution is 6.19. The first kappa shape index (κ1) is 7.03. The van der Waals surface area contributed by atoms with Crippen LogP contribution in [0.1, 0.15) is 5.56 Å². The molecule has 1 heterocycles. The lowest BCUT2D eigenvalue weighted by Gasteiger charge is -2.22. The summed E-state index contributed by atoms with van der Waals surface area (Å²) in [6.07, 6.45) is 1.53. The van der Waals surface area contributed by atoms with Crippen molar-refractivity contribution in [3.63, 3.8) is 0 Å². The van der Waals surface area contributed by atoms with E-state index in [9.17, 15) is 4.79 Å². The van der Waals surface area contributed by atoms with Crippen molar-refractivity contribution in [2.75, 3.05) is 4.90 Å². The molecule has 60 valence electrons. The number of aryl methyl sites for hydroxylation is 1. The summed E-state index contributed by atoms with van der Waals surface area (Å²) in [6, 6.07) is 7.53. The van der Waals surface area contributed by atoms with E-state index in [1.54, 1.807) is 0 Å². The number of rotatable bonds is 1. The van der Waals surface area contributed by atoms with Crippen molar-refractivity contribution in [3.05, 3.63) is 29.8 Å². The first-order valence-corrected chi connectivity index (χ1v) is 3.72. The molecule has 2 rings (SSSR count). The monoisotopic (exact) mass is 160 g/mol. The van der Waals surface area contributed by atoms with Crippen molar-refractivity contribution in [3.8, 4) is 0 Å². The predicted molar refractivity (Wildman–Crippen MR) is 47.5 cm³/mol. The van der Waals surface area contributed by atoms with Crippen molar-refractivity contribution < 1.29 is 4.79 Å². The number of amides is 2. The summed E-state index contributed by atoms with van der Waals surface area (Å²) in [7, 11) is 0. The minimum Gasteiger partial charge on any atom is -0.251 e. The van der Waals surface area contributed by atoms with Crippen LogP contribution in [0, 0.1) is 6.92 Å². The van der Waals surface area contributed by atoms with Gasteiger partial charge in [0.1, 0.15) is 6.34 Å². The number of benzene rings is 1. The van der Waals surface area contributed by atoms with E-state index in [-0.39, 0.29) is 6.03 Å². The summed E-state index contributed by atoms with van der Waals surface area (Å²) in [5.41, 5.74) is 1.99. The molecule has 12 heavy (non-hydrogen) atoms. The number of anilines is 1. The van der Waals surface area contributed by atoms with Gasteiger partial charge in [0.05, 0.1) is 5.69 Å². The molecule has 3 heteroatoms. The van der Waals surface area contributed by atoms with Crippen LogP contribution in [-0.4, -0.2) is 12.4 Å². The highest BCUT2D eigenvalue weighted by Crippen LogP contribution is 2.21. The van der Waals surface area contributed by atoms with Crippen LogP contribution in [0.25, 0.3) is 0 Å². The van der Waals surface area contributed by atoms with Crippen LogP contribution in [-0.2, 0) is 0 Å². The minimum atomic E-state index is -0.190. The number of nitrogens with zero attached hydrogens (tertiary/aromatic N) is 2. The average molecular weight is 160 g/mol. The van der Waals surface area contributed by atoms with E-state index in [4.69, 9.17) is 0 Å². The van der Waals surface area contributed by atoms with Gasteiger partial charge in [0, 0.05) is 0 Å². The molecule has 0 aliphatic carbocycles. The summed E-state index contributed by atoms with van der Waals surface area (Å²) >= 11 is 0. The highest BCUT2D eigenvalue weighted by Gasteiger charge is 2.20. The van der Waals surface area contributed by atoms with Crippen LogP contribution >= 0.6 is 0 Å². The Morgan fingerprint density at radius 1 is 1.33 bits per heavy atom. The molecule has 1 aromatic carbocycles. The van der Waals surface area contributed by atoms with E-state index < -0.39 is 0 Å². The van der Waals surface area contributed by atoms with Crippen molar-refractivity contribution in [2.24, 2.45) is 4.99 Å². The third-order valence-corrected chi connectivity index (χ3v) is 1.86. The number of hydrogen-bond acceptors (Lipinski definition) is 1. The van der Waals surface area contributed by atoms with E-state index in [1.807, 2.05) is 31.2 Å². The van der Waals surface area contributed by atoms with E-state index in [0.29, 0.717) is 0 Å². The smallest absolute Gasteiger partial charge is 0.251 e. The lowest BCUT2D eigenvalue weighted by molar-refractivity contribution is 0.254. The molecule has 0 aromatic heterocycles. The topological polar surface area (TPSA) is 32.7 Å². The number of carbonyl (C=O) groups excluding carboxylic acids is 1. The Bertz CT molecular complexity index is 357. The summed E-state index contributed by atoms with van der Waals surface area (Å²) in [4.78, 5) is 16.0. The normalized spacial score (nSPS) is 14.8. The molecule has 0 spiro atoms. The van der Waals surface area contributed by atoms with Crippen molar-refractivity contribution >= 4 is 18.1 Å². The van der Waals surface area contributed by atoms with Crippen molar-refractivity contribution in [2.45, 2.75) is 6.92 Å². The molecule has 0 unspecified atom stereocenters. The summed E-state index contributed by atoms with van der Waals surface area (Å²) in [5, 5.41) is 0. The molecule has 0 saturated carbocycles. The zero-order chi connectivity index (χ0) is 8.55. The molecule has 3 nitrogen and oxygen atoms in total. The average Bonchev–Trinajstić information content (AvgIpc) is 2.06. The van der Waals surface area contributed by atoms with E-state index in [0.717, 1.165) is 11.3 Å². The fourth-order valence-corrected chi connectivity index (χ4v) is 1.16. The zero-order valence-corrected chi connectivity index (χ0v) is 6.69. The molecular formula is C9H8N2O. The van der Waals surface area contributed by atoms with Gasteiger partial charge in [0.15, 0.2) is 0 Å². The molecule has 0 N–H and O–H groups in total. The third kappa shape index (κ3) is 0.906. The van der Waals surface area contributed by atoms with Crippen LogP contribution < -0.4 is 4.90 Å². The Labute approximate surface area is 70.3 Å². The standard InChI is InChI=1S/C9H8N2O/c1-7-4-2-3-5-8(7)11-6-10-9(11)12/h2-6H,1H3. The largest absolute Gasteiger partial charge is 0.354 e. The molecule has 0 saturated heterocycles. The van der Waals surface area contributed by atoms with Crippen LogP contribution in [0.3, 0.4) is 0 Å². The Hall–Kier alpha value is -1.64. The molecule has 0 fully saturated rings. The van der Waals surface area contributed by atoms with Crippen molar-refractivity contribution in [1.82, 2.24) is 0 Å². The second-order valence-corrected chi connectivity index (χ2v) is 2.68.